The maximum Gasteiger partial charge on any atom is 0.335 e. The van der Waals surface area contributed by atoms with E-state index in [1.165, 1.54) is 18.2 Å². The number of carboxylic acids is 1. The molecule has 1 saturated heterocycles. The summed E-state index contributed by atoms with van der Waals surface area (Å²) in [6, 6.07) is 4.16. The van der Waals surface area contributed by atoms with E-state index in [0.717, 1.165) is 0 Å². The fraction of sp³-hybridized carbons (Fsp3) is 0.526. The second kappa shape index (κ2) is 6.39. The summed E-state index contributed by atoms with van der Waals surface area (Å²) in [4.78, 5) is 37.3. The molecule has 140 valence electrons. The summed E-state index contributed by atoms with van der Waals surface area (Å²) in [6.45, 7) is 6.46. The van der Waals surface area contributed by atoms with Gasteiger partial charge in [0.2, 0.25) is 0 Å². The largest absolute Gasteiger partial charge is 0.485 e. The molecule has 0 unspecified atom stereocenters. The summed E-state index contributed by atoms with van der Waals surface area (Å²) in [5, 5.41) is 12.4. The molecule has 26 heavy (non-hydrogen) atoms. The van der Waals surface area contributed by atoms with Crippen molar-refractivity contribution in [1.82, 2.24) is 5.32 Å². The maximum atomic E-state index is 13.2. The van der Waals surface area contributed by atoms with E-state index in [4.69, 9.17) is 9.47 Å². The van der Waals surface area contributed by atoms with Crippen LogP contribution >= 0.6 is 0 Å². The van der Waals surface area contributed by atoms with Gasteiger partial charge in [-0.1, -0.05) is 0 Å². The van der Waals surface area contributed by atoms with Crippen LogP contribution < -0.4 is 10.1 Å². The first-order chi connectivity index (χ1) is 12.1. The first-order valence-corrected chi connectivity index (χ1v) is 8.67. The number of ketones is 1. The molecular formula is C19H23NO6. The van der Waals surface area contributed by atoms with Crippen LogP contribution in [0.3, 0.4) is 0 Å². The number of aromatic carboxylic acids is 1. The zero-order valence-electron chi connectivity index (χ0n) is 15.1. The monoisotopic (exact) mass is 361 g/mol. The topological polar surface area (TPSA) is 102 Å². The van der Waals surface area contributed by atoms with Crippen LogP contribution in [-0.2, 0) is 9.53 Å². The van der Waals surface area contributed by atoms with Gasteiger partial charge in [-0.2, -0.15) is 0 Å². The Morgan fingerprint density at radius 2 is 1.92 bits per heavy atom. The van der Waals surface area contributed by atoms with Gasteiger partial charge in [-0.25, -0.2) is 4.79 Å². The molecule has 0 radical (unpaired) electrons. The summed E-state index contributed by atoms with van der Waals surface area (Å²) in [7, 11) is 0. The van der Waals surface area contributed by atoms with Gasteiger partial charge in [-0.3, -0.25) is 9.59 Å². The standard InChI is InChI=1S/C19H23NO6/c1-18(2,3)26-17(24)14-15(21)12-10-11(16(22)23)4-5-13(12)25-19(14)6-8-20-9-7-19/h4-5,10,14,20H,6-9H2,1-3H3,(H,22,23)/t14-/m1/s1. The third-order valence-corrected chi connectivity index (χ3v) is 4.69. The number of hydrogen-bond donors (Lipinski definition) is 2. The number of carbonyl (C=O) groups excluding carboxylic acids is 2. The summed E-state index contributed by atoms with van der Waals surface area (Å²) < 4.78 is 11.7. The van der Waals surface area contributed by atoms with Crippen LogP contribution in [0.25, 0.3) is 0 Å². The molecule has 1 spiro atoms. The van der Waals surface area contributed by atoms with Crippen LogP contribution in [0.15, 0.2) is 18.2 Å². The van der Waals surface area contributed by atoms with E-state index in [-0.39, 0.29) is 11.1 Å². The number of nitrogens with one attached hydrogen (secondary N) is 1. The third-order valence-electron chi connectivity index (χ3n) is 4.69. The van der Waals surface area contributed by atoms with Gasteiger partial charge in [0.1, 0.15) is 17.0 Å². The SMILES string of the molecule is CC(C)(C)OC(=O)[C@H]1C(=O)c2cc(C(=O)O)ccc2OC12CCNCC2. The smallest absolute Gasteiger partial charge is 0.335 e. The van der Waals surface area contributed by atoms with Crippen molar-refractivity contribution < 1.29 is 29.0 Å². The summed E-state index contributed by atoms with van der Waals surface area (Å²) in [6.07, 6.45) is 0.978. The van der Waals surface area contributed by atoms with E-state index in [2.05, 4.69) is 5.32 Å². The van der Waals surface area contributed by atoms with Gasteiger partial charge in [0.25, 0.3) is 0 Å². The second-order valence-electron chi connectivity index (χ2n) is 7.76. The summed E-state index contributed by atoms with van der Waals surface area (Å²) >= 11 is 0. The number of piperidine rings is 1. The highest BCUT2D eigenvalue weighted by molar-refractivity contribution is 6.13. The molecule has 0 bridgehead atoms. The number of ether oxygens (including phenoxy) is 2. The normalized spacial score (nSPS) is 21.7. The average molecular weight is 361 g/mol. The van der Waals surface area contributed by atoms with E-state index in [9.17, 15) is 19.5 Å². The molecule has 1 fully saturated rings. The predicted molar refractivity (Wildman–Crippen MR) is 92.5 cm³/mol. The molecular weight excluding hydrogens is 338 g/mol. The molecule has 2 aliphatic heterocycles. The van der Waals surface area contributed by atoms with Crippen molar-refractivity contribution in [2.45, 2.75) is 44.8 Å². The first kappa shape index (κ1) is 18.4. The van der Waals surface area contributed by atoms with Gasteiger partial charge in [-0.15, -0.1) is 0 Å². The lowest BCUT2D eigenvalue weighted by Crippen LogP contribution is -2.59. The van der Waals surface area contributed by atoms with Crippen LogP contribution in [0.4, 0.5) is 0 Å². The van der Waals surface area contributed by atoms with Gasteiger partial charge in [-0.05, 0) is 52.1 Å². The maximum absolute atomic E-state index is 13.2. The molecule has 0 aromatic heterocycles. The Labute approximate surface area is 151 Å². The molecule has 2 aliphatic rings. The number of fused-ring (bicyclic) bond motifs is 1. The van der Waals surface area contributed by atoms with Crippen molar-refractivity contribution in [2.24, 2.45) is 5.92 Å². The van der Waals surface area contributed by atoms with Crippen LogP contribution in [-0.4, -0.2) is 47.1 Å². The van der Waals surface area contributed by atoms with Crippen molar-refractivity contribution in [2.75, 3.05) is 13.1 Å². The Bertz CT molecular complexity index is 758. The molecule has 1 aromatic carbocycles. The number of Topliss-reactive ketones (excluding diaryl/α,β-unsaturated/α-hetero) is 1. The molecule has 0 saturated carbocycles. The highest BCUT2D eigenvalue weighted by Gasteiger charge is 2.55. The molecule has 7 heteroatoms. The highest BCUT2D eigenvalue weighted by Crippen LogP contribution is 2.43. The molecule has 2 N–H and O–H groups in total. The van der Waals surface area contributed by atoms with E-state index in [1.54, 1.807) is 20.8 Å². The molecule has 7 nitrogen and oxygen atoms in total. The van der Waals surface area contributed by atoms with Crippen molar-refractivity contribution in [3.8, 4) is 5.75 Å². The van der Waals surface area contributed by atoms with Crippen molar-refractivity contribution in [3.63, 3.8) is 0 Å². The van der Waals surface area contributed by atoms with E-state index < -0.39 is 34.8 Å². The molecule has 0 aliphatic carbocycles. The quantitative estimate of drug-likeness (QED) is 0.614. The van der Waals surface area contributed by atoms with Gasteiger partial charge in [0, 0.05) is 12.8 Å². The van der Waals surface area contributed by atoms with Crippen LogP contribution in [0.1, 0.15) is 54.3 Å². The average Bonchev–Trinajstić information content (AvgIpc) is 2.53. The van der Waals surface area contributed by atoms with Crippen LogP contribution in [0.2, 0.25) is 0 Å². The Morgan fingerprint density at radius 1 is 1.27 bits per heavy atom. The van der Waals surface area contributed by atoms with E-state index in [1.807, 2.05) is 0 Å². The molecule has 2 heterocycles. The van der Waals surface area contributed by atoms with Gasteiger partial charge in [0.05, 0.1) is 11.1 Å². The number of carboxylic acid groups (broad SMARTS) is 1. The van der Waals surface area contributed by atoms with Gasteiger partial charge in [0.15, 0.2) is 11.7 Å². The minimum atomic E-state index is -1.14. The number of hydrogen-bond acceptors (Lipinski definition) is 6. The van der Waals surface area contributed by atoms with Gasteiger partial charge < -0.3 is 19.9 Å². The zero-order valence-corrected chi connectivity index (χ0v) is 15.1. The highest BCUT2D eigenvalue weighted by atomic mass is 16.6. The van der Waals surface area contributed by atoms with Crippen LogP contribution in [0, 0.1) is 5.92 Å². The summed E-state index contributed by atoms with van der Waals surface area (Å²) in [5.41, 5.74) is -1.62. The minimum absolute atomic E-state index is 0.0232. The van der Waals surface area contributed by atoms with E-state index in [0.29, 0.717) is 31.7 Å². The number of esters is 1. The second-order valence-corrected chi connectivity index (χ2v) is 7.76. The predicted octanol–water partition coefficient (Wildman–Crippen LogP) is 2.04. The lowest BCUT2D eigenvalue weighted by atomic mass is 9.73. The summed E-state index contributed by atoms with van der Waals surface area (Å²) in [5.74, 6) is -3.00. The molecule has 1 aromatic rings. The molecule has 0 amide bonds. The number of benzene rings is 1. The first-order valence-electron chi connectivity index (χ1n) is 8.67. The Balaban J connectivity index is 2.06. The lowest BCUT2D eigenvalue weighted by molar-refractivity contribution is -0.166. The number of carbonyl (C=O) groups is 3. The fourth-order valence-corrected chi connectivity index (χ4v) is 3.54. The van der Waals surface area contributed by atoms with Crippen molar-refractivity contribution >= 4 is 17.7 Å². The Kier molecular flexibility index (Phi) is 4.52. The van der Waals surface area contributed by atoms with Crippen molar-refractivity contribution in [1.29, 1.82) is 0 Å². The minimum Gasteiger partial charge on any atom is -0.485 e. The lowest BCUT2D eigenvalue weighted by Gasteiger charge is -2.45. The molecule has 1 atom stereocenters. The van der Waals surface area contributed by atoms with Crippen LogP contribution in [0.5, 0.6) is 5.75 Å². The Hall–Kier alpha value is -2.41. The Morgan fingerprint density at radius 3 is 2.50 bits per heavy atom. The molecule has 3 rings (SSSR count). The van der Waals surface area contributed by atoms with Crippen molar-refractivity contribution in [3.05, 3.63) is 29.3 Å². The fourth-order valence-electron chi connectivity index (χ4n) is 3.54. The number of rotatable bonds is 2. The third kappa shape index (κ3) is 3.31. The van der Waals surface area contributed by atoms with E-state index >= 15 is 0 Å². The van der Waals surface area contributed by atoms with Gasteiger partial charge >= 0.3 is 11.9 Å². The zero-order chi connectivity index (χ0) is 19.1.